The molecule has 33 heavy (non-hydrogen) atoms. The second-order valence-corrected chi connectivity index (χ2v) is 7.99. The van der Waals surface area contributed by atoms with E-state index in [2.05, 4.69) is 25.8 Å². The van der Waals surface area contributed by atoms with Gasteiger partial charge in [0.2, 0.25) is 10.4 Å². The van der Waals surface area contributed by atoms with E-state index in [9.17, 15) is 15.0 Å². The minimum Gasteiger partial charge on any atom is -0.477 e. The van der Waals surface area contributed by atoms with Gasteiger partial charge in [-0.15, -0.1) is 0 Å². The Kier molecular flexibility index (Phi) is 4.75. The first-order chi connectivity index (χ1) is 17.5. The van der Waals surface area contributed by atoms with E-state index in [1.165, 1.54) is 23.2 Å². The maximum atomic E-state index is 12.2. The number of nitrogens with one attached hydrogen (secondary N) is 1. The number of hydrogen-bond donors (Lipinski definition) is 3. The number of para-hydroxylation sites is 1. The molecule has 0 fully saturated rings. The molecule has 170 valence electrons. The van der Waals surface area contributed by atoms with Crippen LogP contribution in [0, 0.1) is 0 Å². The molecule has 4 rings (SSSR count). The molecular formula is C23H26N7O3+. The topological polar surface area (TPSA) is 134 Å². The molecule has 0 aliphatic heterocycles. The summed E-state index contributed by atoms with van der Waals surface area (Å²) < 4.78 is 36.3. The molecule has 0 unspecified atom stereocenters. The van der Waals surface area contributed by atoms with Crippen molar-refractivity contribution in [1.29, 1.82) is 0 Å². The van der Waals surface area contributed by atoms with Crippen molar-refractivity contribution in [3.05, 3.63) is 71.2 Å². The Labute approximate surface area is 196 Å². The average molecular weight is 453 g/mol. The zero-order valence-electron chi connectivity index (χ0n) is 22.4. The second-order valence-electron chi connectivity index (χ2n) is 7.99. The number of carbonyl (C=O) groups is 1. The van der Waals surface area contributed by atoms with Crippen LogP contribution >= 0.6 is 0 Å². The molecule has 0 amide bonds. The Hall–Kier alpha value is -3.92. The van der Waals surface area contributed by atoms with Gasteiger partial charge in [-0.05, 0) is 47.5 Å². The largest absolute Gasteiger partial charge is 0.477 e. The number of aromatic amines is 1. The van der Waals surface area contributed by atoms with Crippen LogP contribution in [0.4, 0.5) is 0 Å². The number of aromatic carboxylic acids is 1. The summed E-state index contributed by atoms with van der Waals surface area (Å²) in [6, 6.07) is 5.50. The lowest BCUT2D eigenvalue weighted by molar-refractivity contribution is -0.719. The van der Waals surface area contributed by atoms with Crippen molar-refractivity contribution in [2.75, 3.05) is 0 Å². The van der Waals surface area contributed by atoms with Crippen LogP contribution in [0.25, 0.3) is 16.8 Å². The number of benzene rings is 2. The molecule has 0 saturated heterocycles. The summed E-state index contributed by atoms with van der Waals surface area (Å²) in [5.74, 6) is -0.942. The molecule has 0 spiro atoms. The van der Waals surface area contributed by atoms with Crippen molar-refractivity contribution in [2.24, 2.45) is 0 Å². The standard InChI is InChI=1S/C23H25N7O3/c1-4-7-19-24-21(23(2,3)33)20(22(31)32)29(19)14-15-10-12-16(13-11-15)17-8-5-6-9-18(17)30-27-25-26-28-30/h5-6,8-13,33H,4,7,14H2,1-3H3,(H,31,32)/p+1/i10D,11D,12D,13D. The third-order valence-electron chi connectivity index (χ3n) is 5.01. The third kappa shape index (κ3) is 4.51. The average Bonchev–Trinajstić information content (AvgIpc) is 3.50. The van der Waals surface area contributed by atoms with Crippen LogP contribution in [0.15, 0.2) is 48.4 Å². The van der Waals surface area contributed by atoms with Crippen molar-refractivity contribution >= 4 is 5.97 Å². The van der Waals surface area contributed by atoms with Crippen LogP contribution in [0.1, 0.15) is 60.2 Å². The number of rotatable bonds is 8. The van der Waals surface area contributed by atoms with E-state index in [0.29, 0.717) is 29.9 Å². The Morgan fingerprint density at radius 3 is 2.58 bits per heavy atom. The van der Waals surface area contributed by atoms with E-state index in [1.807, 2.05) is 6.92 Å². The fourth-order valence-corrected chi connectivity index (χ4v) is 3.55. The molecule has 2 heterocycles. The third-order valence-corrected chi connectivity index (χ3v) is 5.01. The van der Waals surface area contributed by atoms with Gasteiger partial charge in [0.15, 0.2) is 11.4 Å². The van der Waals surface area contributed by atoms with Crippen LogP contribution in [0.2, 0.25) is 0 Å². The fourth-order valence-electron chi connectivity index (χ4n) is 3.55. The number of aryl methyl sites for hydroxylation is 1. The molecule has 2 aromatic heterocycles. The Balaban J connectivity index is 1.92. The number of H-pyrrole nitrogens is 1. The minimum atomic E-state index is -1.54. The van der Waals surface area contributed by atoms with Gasteiger partial charge in [0.25, 0.3) is 0 Å². The van der Waals surface area contributed by atoms with Crippen LogP contribution in [0.5, 0.6) is 0 Å². The molecule has 0 aliphatic rings. The van der Waals surface area contributed by atoms with Gasteiger partial charge in [-0.3, -0.25) is 0 Å². The molecule has 2 aromatic carbocycles. The molecule has 3 N–H and O–H groups in total. The van der Waals surface area contributed by atoms with E-state index >= 15 is 0 Å². The number of carboxylic acid groups (broad SMARTS) is 1. The highest BCUT2D eigenvalue weighted by Crippen LogP contribution is 2.27. The van der Waals surface area contributed by atoms with E-state index in [1.54, 1.807) is 24.3 Å². The minimum absolute atomic E-state index is 0.00441. The van der Waals surface area contributed by atoms with Crippen LogP contribution < -0.4 is 4.80 Å². The zero-order chi connectivity index (χ0) is 27.1. The molecule has 0 aliphatic carbocycles. The summed E-state index contributed by atoms with van der Waals surface area (Å²) in [7, 11) is 0. The Bertz CT molecular complexity index is 1450. The van der Waals surface area contributed by atoms with Crippen LogP contribution in [0.3, 0.4) is 0 Å². The van der Waals surface area contributed by atoms with Crippen molar-refractivity contribution in [2.45, 2.75) is 45.8 Å². The second kappa shape index (κ2) is 8.91. The lowest BCUT2D eigenvalue weighted by Crippen LogP contribution is -2.36. The number of aromatic nitrogens is 7. The number of carboxylic acids is 1. The molecule has 0 bridgehead atoms. The van der Waals surface area contributed by atoms with E-state index in [0.717, 1.165) is 0 Å². The lowest BCUT2D eigenvalue weighted by atomic mass is 10.0. The first-order valence-electron chi connectivity index (χ1n) is 12.4. The van der Waals surface area contributed by atoms with Crippen molar-refractivity contribution < 1.29 is 25.3 Å². The summed E-state index contributed by atoms with van der Waals surface area (Å²) in [4.78, 5) is 17.9. The van der Waals surface area contributed by atoms with Gasteiger partial charge < -0.3 is 14.8 Å². The van der Waals surface area contributed by atoms with Crippen LogP contribution in [-0.2, 0) is 18.6 Å². The van der Waals surface area contributed by atoms with Gasteiger partial charge in [-0.25, -0.2) is 9.78 Å². The maximum Gasteiger partial charge on any atom is 0.354 e. The van der Waals surface area contributed by atoms with E-state index < -0.39 is 11.6 Å². The first-order valence-corrected chi connectivity index (χ1v) is 10.4. The quantitative estimate of drug-likeness (QED) is 0.349. The number of imidazole rings is 1. The van der Waals surface area contributed by atoms with E-state index in [4.69, 9.17) is 5.48 Å². The fraction of sp³-hybridized carbons (Fsp3) is 0.304. The first kappa shape index (κ1) is 17.6. The number of hydrogen-bond acceptors (Lipinski definition) is 6. The molecule has 10 nitrogen and oxygen atoms in total. The molecule has 0 radical (unpaired) electrons. The highest BCUT2D eigenvalue weighted by atomic mass is 16.4. The molecule has 0 atom stereocenters. The zero-order valence-corrected chi connectivity index (χ0v) is 18.4. The normalized spacial score (nSPS) is 13.3. The van der Waals surface area contributed by atoms with Crippen molar-refractivity contribution in [1.82, 2.24) is 30.4 Å². The van der Waals surface area contributed by atoms with Gasteiger partial charge >= 0.3 is 5.97 Å². The van der Waals surface area contributed by atoms with Gasteiger partial charge in [0.05, 0.1) is 5.48 Å². The van der Waals surface area contributed by atoms with Gasteiger partial charge in [0, 0.05) is 18.5 Å². The summed E-state index contributed by atoms with van der Waals surface area (Å²) in [6.45, 7) is 4.50. The molecule has 10 heteroatoms. The monoisotopic (exact) mass is 452 g/mol. The number of nitrogens with zero attached hydrogens (tertiary/aromatic N) is 6. The predicted molar refractivity (Wildman–Crippen MR) is 119 cm³/mol. The highest BCUT2D eigenvalue weighted by Gasteiger charge is 2.31. The van der Waals surface area contributed by atoms with Gasteiger partial charge in [-0.1, -0.05) is 49.3 Å². The summed E-state index contributed by atoms with van der Waals surface area (Å²) >= 11 is 0. The summed E-state index contributed by atoms with van der Waals surface area (Å²) in [5.41, 5.74) is -0.975. The lowest BCUT2D eigenvalue weighted by Gasteiger charge is -2.16. The maximum absolute atomic E-state index is 12.2. The number of aliphatic hydroxyl groups is 1. The van der Waals surface area contributed by atoms with Crippen LogP contribution in [-0.4, -0.2) is 46.6 Å². The van der Waals surface area contributed by atoms with Gasteiger partial charge in [-0.2, -0.15) is 0 Å². The van der Waals surface area contributed by atoms with E-state index in [-0.39, 0.29) is 53.2 Å². The summed E-state index contributed by atoms with van der Waals surface area (Å²) in [5, 5.41) is 34.0. The Morgan fingerprint density at radius 2 is 1.97 bits per heavy atom. The van der Waals surface area contributed by atoms with Crippen molar-refractivity contribution in [3.8, 4) is 16.8 Å². The smallest absolute Gasteiger partial charge is 0.354 e. The summed E-state index contributed by atoms with van der Waals surface area (Å²) in [6.07, 6.45) is 1.03. The Morgan fingerprint density at radius 1 is 1.24 bits per heavy atom. The highest BCUT2D eigenvalue weighted by molar-refractivity contribution is 5.87. The van der Waals surface area contributed by atoms with Crippen molar-refractivity contribution in [3.63, 3.8) is 0 Å². The molecule has 4 aromatic rings. The SMILES string of the molecule is [2H]c1c([2H])c(-c2ccccc2-[n+]2nnn[nH]2)c([2H])c([2H])c1Cn1c(CCC)nc(C(C)(C)O)c1C(=O)O. The molecular weight excluding hydrogens is 422 g/mol. The van der Waals surface area contributed by atoms with Gasteiger partial charge in [0.1, 0.15) is 22.3 Å². The predicted octanol–water partition coefficient (Wildman–Crippen LogP) is 2.27. The molecule has 0 saturated carbocycles.